The van der Waals surface area contributed by atoms with Crippen LogP contribution in [0.25, 0.3) is 0 Å². The number of rotatable bonds is 4. The van der Waals surface area contributed by atoms with Crippen LogP contribution in [0.15, 0.2) is 4.42 Å². The first-order chi connectivity index (χ1) is 7.00. The van der Waals surface area contributed by atoms with Gasteiger partial charge in [0.2, 0.25) is 5.89 Å². The van der Waals surface area contributed by atoms with Crippen LogP contribution in [0.4, 0.5) is 0 Å². The van der Waals surface area contributed by atoms with Gasteiger partial charge in [-0.25, -0.2) is 0 Å². The SMILES string of the molecule is CC(C)CNC(=O)c1nnc(C(C)C)o1. The molecule has 0 unspecified atom stereocenters. The van der Waals surface area contributed by atoms with Crippen molar-refractivity contribution in [3.8, 4) is 0 Å². The number of hydrogen-bond donors (Lipinski definition) is 1. The molecule has 5 nitrogen and oxygen atoms in total. The molecular formula is C10H17N3O2. The highest BCUT2D eigenvalue weighted by Crippen LogP contribution is 2.11. The van der Waals surface area contributed by atoms with Crippen LogP contribution in [-0.4, -0.2) is 22.6 Å². The lowest BCUT2D eigenvalue weighted by Crippen LogP contribution is -2.27. The molecule has 0 saturated heterocycles. The number of aromatic nitrogens is 2. The molecule has 1 aromatic rings. The zero-order valence-corrected chi connectivity index (χ0v) is 9.57. The fourth-order valence-electron chi connectivity index (χ4n) is 0.932. The number of amides is 1. The van der Waals surface area contributed by atoms with Crippen molar-refractivity contribution < 1.29 is 9.21 Å². The quantitative estimate of drug-likeness (QED) is 0.821. The van der Waals surface area contributed by atoms with Crippen LogP contribution in [0.5, 0.6) is 0 Å². The molecule has 1 aromatic heterocycles. The summed E-state index contributed by atoms with van der Waals surface area (Å²) in [6.45, 7) is 8.52. The Hall–Kier alpha value is -1.39. The van der Waals surface area contributed by atoms with Gasteiger partial charge in [0.1, 0.15) is 0 Å². The van der Waals surface area contributed by atoms with Crippen LogP contribution in [0.1, 0.15) is 50.2 Å². The van der Waals surface area contributed by atoms with Gasteiger partial charge in [0, 0.05) is 12.5 Å². The monoisotopic (exact) mass is 211 g/mol. The standard InChI is InChI=1S/C10H17N3O2/c1-6(2)5-11-8(14)10-13-12-9(15-10)7(3)4/h6-7H,5H2,1-4H3,(H,11,14). The topological polar surface area (TPSA) is 68.0 Å². The molecule has 0 saturated carbocycles. The highest BCUT2D eigenvalue weighted by atomic mass is 16.4. The van der Waals surface area contributed by atoms with Crippen molar-refractivity contribution >= 4 is 5.91 Å². The third-order valence-corrected chi connectivity index (χ3v) is 1.80. The Bertz CT molecular complexity index is 331. The molecule has 1 N–H and O–H groups in total. The molecule has 0 fully saturated rings. The first kappa shape index (κ1) is 11.7. The van der Waals surface area contributed by atoms with E-state index >= 15 is 0 Å². The molecular weight excluding hydrogens is 194 g/mol. The lowest BCUT2D eigenvalue weighted by molar-refractivity contribution is 0.0912. The lowest BCUT2D eigenvalue weighted by Gasteiger charge is -2.04. The highest BCUT2D eigenvalue weighted by molar-refractivity contribution is 5.89. The van der Waals surface area contributed by atoms with Crippen LogP contribution in [-0.2, 0) is 0 Å². The van der Waals surface area contributed by atoms with Crippen LogP contribution >= 0.6 is 0 Å². The van der Waals surface area contributed by atoms with E-state index < -0.39 is 0 Å². The van der Waals surface area contributed by atoms with Gasteiger partial charge >= 0.3 is 11.8 Å². The summed E-state index contributed by atoms with van der Waals surface area (Å²) in [5.41, 5.74) is 0. The summed E-state index contributed by atoms with van der Waals surface area (Å²) in [7, 11) is 0. The van der Waals surface area contributed by atoms with E-state index in [0.717, 1.165) is 0 Å². The van der Waals surface area contributed by atoms with E-state index in [2.05, 4.69) is 15.5 Å². The molecule has 0 spiro atoms. The minimum absolute atomic E-state index is 0.0411. The zero-order valence-electron chi connectivity index (χ0n) is 9.57. The first-order valence-electron chi connectivity index (χ1n) is 5.12. The predicted octanol–water partition coefficient (Wildman–Crippen LogP) is 1.58. The van der Waals surface area contributed by atoms with E-state index in [9.17, 15) is 4.79 Å². The van der Waals surface area contributed by atoms with Crippen molar-refractivity contribution in [3.63, 3.8) is 0 Å². The Kier molecular flexibility index (Phi) is 3.82. The number of carbonyl (C=O) groups excluding carboxylic acids is 1. The maximum absolute atomic E-state index is 11.5. The van der Waals surface area contributed by atoms with Gasteiger partial charge in [-0.2, -0.15) is 0 Å². The molecule has 0 bridgehead atoms. The number of nitrogens with zero attached hydrogens (tertiary/aromatic N) is 2. The summed E-state index contributed by atoms with van der Waals surface area (Å²) in [5.74, 6) is 0.776. The van der Waals surface area contributed by atoms with Gasteiger partial charge in [0.05, 0.1) is 0 Å². The Morgan fingerprint density at radius 2 is 2.00 bits per heavy atom. The molecule has 5 heteroatoms. The van der Waals surface area contributed by atoms with Gasteiger partial charge in [0.15, 0.2) is 0 Å². The normalized spacial score (nSPS) is 11.1. The number of nitrogens with one attached hydrogen (secondary N) is 1. The minimum Gasteiger partial charge on any atom is -0.417 e. The van der Waals surface area contributed by atoms with E-state index in [4.69, 9.17) is 4.42 Å². The number of hydrogen-bond acceptors (Lipinski definition) is 4. The largest absolute Gasteiger partial charge is 0.417 e. The Morgan fingerprint density at radius 1 is 1.33 bits per heavy atom. The van der Waals surface area contributed by atoms with Crippen LogP contribution < -0.4 is 5.32 Å². The second kappa shape index (κ2) is 4.91. The first-order valence-corrected chi connectivity index (χ1v) is 5.12. The Balaban J connectivity index is 2.58. The van der Waals surface area contributed by atoms with E-state index in [1.54, 1.807) is 0 Å². The van der Waals surface area contributed by atoms with E-state index in [1.165, 1.54) is 0 Å². The smallest absolute Gasteiger partial charge is 0.308 e. The maximum Gasteiger partial charge on any atom is 0.308 e. The van der Waals surface area contributed by atoms with Gasteiger partial charge in [-0.05, 0) is 5.92 Å². The van der Waals surface area contributed by atoms with Crippen LogP contribution in [0, 0.1) is 5.92 Å². The third kappa shape index (κ3) is 3.34. The van der Waals surface area contributed by atoms with Crippen molar-refractivity contribution in [1.29, 1.82) is 0 Å². The molecule has 0 atom stereocenters. The van der Waals surface area contributed by atoms with E-state index in [0.29, 0.717) is 18.4 Å². The molecule has 0 aliphatic carbocycles. The summed E-state index contributed by atoms with van der Waals surface area (Å²) in [6.07, 6.45) is 0. The predicted molar refractivity (Wildman–Crippen MR) is 55.6 cm³/mol. The summed E-state index contributed by atoms with van der Waals surface area (Å²) in [5, 5.41) is 10.2. The maximum atomic E-state index is 11.5. The van der Waals surface area contributed by atoms with Crippen molar-refractivity contribution in [1.82, 2.24) is 15.5 Å². The minimum atomic E-state index is -0.303. The molecule has 0 aliphatic rings. The molecule has 1 amide bonds. The fraction of sp³-hybridized carbons (Fsp3) is 0.700. The van der Waals surface area contributed by atoms with E-state index in [1.807, 2.05) is 27.7 Å². The molecule has 15 heavy (non-hydrogen) atoms. The van der Waals surface area contributed by atoms with Gasteiger partial charge in [-0.3, -0.25) is 4.79 Å². The van der Waals surface area contributed by atoms with Crippen molar-refractivity contribution in [2.24, 2.45) is 5.92 Å². The van der Waals surface area contributed by atoms with Gasteiger partial charge in [0.25, 0.3) is 0 Å². The lowest BCUT2D eigenvalue weighted by atomic mass is 10.2. The van der Waals surface area contributed by atoms with Crippen molar-refractivity contribution in [2.45, 2.75) is 33.6 Å². The molecule has 0 aromatic carbocycles. The zero-order chi connectivity index (χ0) is 11.4. The summed E-state index contributed by atoms with van der Waals surface area (Å²) >= 11 is 0. The molecule has 1 heterocycles. The summed E-state index contributed by atoms with van der Waals surface area (Å²) in [6, 6.07) is 0. The summed E-state index contributed by atoms with van der Waals surface area (Å²) in [4.78, 5) is 11.5. The number of carbonyl (C=O) groups is 1. The van der Waals surface area contributed by atoms with Gasteiger partial charge < -0.3 is 9.73 Å². The second-order valence-electron chi connectivity index (χ2n) is 4.20. The highest BCUT2D eigenvalue weighted by Gasteiger charge is 2.16. The van der Waals surface area contributed by atoms with Crippen LogP contribution in [0.2, 0.25) is 0 Å². The van der Waals surface area contributed by atoms with Gasteiger partial charge in [-0.1, -0.05) is 27.7 Å². The molecule has 84 valence electrons. The Morgan fingerprint density at radius 3 is 2.47 bits per heavy atom. The third-order valence-electron chi connectivity index (χ3n) is 1.80. The fourth-order valence-corrected chi connectivity index (χ4v) is 0.932. The average Bonchev–Trinajstić information content (AvgIpc) is 2.62. The van der Waals surface area contributed by atoms with Gasteiger partial charge in [-0.15, -0.1) is 10.2 Å². The Labute approximate surface area is 89.3 Å². The molecule has 0 aliphatic heterocycles. The van der Waals surface area contributed by atoms with E-state index in [-0.39, 0.29) is 17.7 Å². The second-order valence-corrected chi connectivity index (χ2v) is 4.20. The molecule has 1 rings (SSSR count). The van der Waals surface area contributed by atoms with Crippen molar-refractivity contribution in [3.05, 3.63) is 11.8 Å². The summed E-state index contributed by atoms with van der Waals surface area (Å²) < 4.78 is 5.20. The van der Waals surface area contributed by atoms with Crippen molar-refractivity contribution in [2.75, 3.05) is 6.54 Å². The van der Waals surface area contributed by atoms with Crippen LogP contribution in [0.3, 0.4) is 0 Å². The molecule has 0 radical (unpaired) electrons. The average molecular weight is 211 g/mol.